The average Bonchev–Trinajstić information content (AvgIpc) is 2.40. The molecule has 0 saturated heterocycles. The van der Waals surface area contributed by atoms with Crippen LogP contribution in [0.25, 0.3) is 12.7 Å². The van der Waals surface area contributed by atoms with E-state index in [-0.39, 0.29) is 12.5 Å². The number of hydrogen-bond donors (Lipinski definition) is 2. The van der Waals surface area contributed by atoms with E-state index in [0.717, 1.165) is 16.3 Å². The molecule has 4 nitrogen and oxygen atoms in total. The minimum atomic E-state index is -0.209. The topological polar surface area (TPSA) is 61.7 Å². The lowest BCUT2D eigenvalue weighted by Gasteiger charge is -2.11. The van der Waals surface area contributed by atoms with Crippen LogP contribution in [0.15, 0.2) is 22.7 Å². The van der Waals surface area contributed by atoms with Crippen molar-refractivity contribution >= 4 is 18.6 Å². The van der Waals surface area contributed by atoms with Gasteiger partial charge in [-0.2, -0.15) is 0 Å². The van der Waals surface area contributed by atoms with Gasteiger partial charge in [-0.05, 0) is 36.7 Å². The molecule has 1 heterocycles. The van der Waals surface area contributed by atoms with Gasteiger partial charge in [-0.15, -0.1) is 0 Å². The number of fused-ring (bicyclic) bond motifs is 1. The van der Waals surface area contributed by atoms with E-state index in [0.29, 0.717) is 30.4 Å². The van der Waals surface area contributed by atoms with Gasteiger partial charge >= 0.3 is 0 Å². The third-order valence-corrected chi connectivity index (χ3v) is 3.19. The van der Waals surface area contributed by atoms with E-state index in [9.17, 15) is 4.79 Å². The fourth-order valence-corrected chi connectivity index (χ4v) is 1.98. The molecule has 4 heteroatoms. The van der Waals surface area contributed by atoms with E-state index in [4.69, 9.17) is 5.11 Å². The van der Waals surface area contributed by atoms with E-state index in [1.807, 2.05) is 25.1 Å². The van der Waals surface area contributed by atoms with Crippen LogP contribution in [0.5, 0.6) is 0 Å². The molecule has 1 amide bonds. The number of aliphatic hydroxyl groups is 1. The Morgan fingerprint density at radius 3 is 2.95 bits per heavy atom. The minimum absolute atomic E-state index is 0.150. The van der Waals surface area contributed by atoms with Crippen LogP contribution in [0.3, 0.4) is 0 Å². The highest BCUT2D eigenvalue weighted by atomic mass is 16.3. The van der Waals surface area contributed by atoms with Gasteiger partial charge in [-0.25, -0.2) is 4.99 Å². The smallest absolute Gasteiger partial charge is 0.274 e. The average molecular weight is 258 g/mol. The molecule has 0 radical (unpaired) electrons. The third kappa shape index (κ3) is 2.97. The second-order valence-electron chi connectivity index (χ2n) is 4.64. The molecule has 0 bridgehead atoms. The van der Waals surface area contributed by atoms with Crippen molar-refractivity contribution < 1.29 is 9.90 Å². The van der Waals surface area contributed by atoms with Crippen LogP contribution in [0.1, 0.15) is 17.5 Å². The summed E-state index contributed by atoms with van der Waals surface area (Å²) in [6.45, 7) is 7.22. The van der Waals surface area contributed by atoms with Crippen molar-refractivity contribution in [3.8, 4) is 0 Å². The van der Waals surface area contributed by atoms with Gasteiger partial charge < -0.3 is 10.4 Å². The first-order chi connectivity index (χ1) is 9.13. The molecular formula is C15H18N2O2. The highest BCUT2D eigenvalue weighted by molar-refractivity contribution is 6.00. The van der Waals surface area contributed by atoms with Crippen LogP contribution in [0, 0.1) is 6.92 Å². The molecule has 1 aromatic carbocycles. The summed E-state index contributed by atoms with van der Waals surface area (Å²) >= 11 is 0. The van der Waals surface area contributed by atoms with Gasteiger partial charge in [0.25, 0.3) is 5.91 Å². The maximum Gasteiger partial charge on any atom is 0.274 e. The molecule has 0 spiro atoms. The fraction of sp³-hybridized carbons (Fsp3) is 0.333. The summed E-state index contributed by atoms with van der Waals surface area (Å²) < 4.78 is 0. The molecule has 0 aliphatic carbocycles. The quantitative estimate of drug-likeness (QED) is 0.726. The Hall–Kier alpha value is -1.78. The lowest BCUT2D eigenvalue weighted by atomic mass is 10.0. The fourth-order valence-electron chi connectivity index (χ4n) is 1.98. The Bertz CT molecular complexity index is 632. The number of aryl methyl sites for hydroxylation is 1. The molecule has 0 aromatic heterocycles. The predicted molar refractivity (Wildman–Crippen MR) is 75.0 cm³/mol. The van der Waals surface area contributed by atoms with Crippen molar-refractivity contribution in [1.82, 2.24) is 5.32 Å². The lowest BCUT2D eigenvalue weighted by Crippen LogP contribution is -2.34. The number of benzene rings is 1. The van der Waals surface area contributed by atoms with Crippen molar-refractivity contribution in [2.45, 2.75) is 13.3 Å². The van der Waals surface area contributed by atoms with Gasteiger partial charge in [-0.1, -0.05) is 18.7 Å². The van der Waals surface area contributed by atoms with Crippen LogP contribution < -0.4 is 15.9 Å². The first kappa shape index (κ1) is 13.6. The van der Waals surface area contributed by atoms with Gasteiger partial charge in [0.15, 0.2) is 0 Å². The van der Waals surface area contributed by atoms with Crippen LogP contribution >= 0.6 is 0 Å². The first-order valence-corrected chi connectivity index (χ1v) is 6.37. The minimum Gasteiger partial charge on any atom is -0.396 e. The zero-order valence-corrected chi connectivity index (χ0v) is 11.1. The Labute approximate surface area is 112 Å². The van der Waals surface area contributed by atoms with E-state index in [1.54, 1.807) is 0 Å². The second kappa shape index (κ2) is 5.91. The van der Waals surface area contributed by atoms with Crippen molar-refractivity contribution in [3.63, 3.8) is 0 Å². The van der Waals surface area contributed by atoms with Crippen LogP contribution in [0.4, 0.5) is 0 Å². The van der Waals surface area contributed by atoms with Crippen molar-refractivity contribution in [1.29, 1.82) is 0 Å². The molecule has 19 heavy (non-hydrogen) atoms. The van der Waals surface area contributed by atoms with E-state index < -0.39 is 0 Å². The first-order valence-electron chi connectivity index (χ1n) is 6.37. The summed E-state index contributed by atoms with van der Waals surface area (Å²) in [6, 6.07) is 3.95. The van der Waals surface area contributed by atoms with E-state index in [1.165, 1.54) is 0 Å². The molecule has 100 valence electrons. The number of nitrogens with zero attached hydrogens (tertiary/aromatic N) is 1. The second-order valence-corrected chi connectivity index (χ2v) is 4.64. The molecule has 1 aromatic rings. The van der Waals surface area contributed by atoms with Crippen molar-refractivity contribution in [3.05, 3.63) is 39.4 Å². The monoisotopic (exact) mass is 258 g/mol. The van der Waals surface area contributed by atoms with Crippen molar-refractivity contribution in [2.24, 2.45) is 4.99 Å². The highest BCUT2D eigenvalue weighted by Gasteiger charge is 2.14. The summed E-state index contributed by atoms with van der Waals surface area (Å²) in [7, 11) is 0. The molecule has 2 N–H and O–H groups in total. The number of carbonyl (C=O) groups is 1. The molecule has 2 rings (SSSR count). The molecule has 0 unspecified atom stereocenters. The number of aliphatic hydroxyl groups excluding tert-OH is 1. The predicted octanol–water partition coefficient (Wildman–Crippen LogP) is -0.0795. The van der Waals surface area contributed by atoms with E-state index >= 15 is 0 Å². The van der Waals surface area contributed by atoms with Gasteiger partial charge in [-0.3, -0.25) is 4.79 Å². The Morgan fingerprint density at radius 1 is 1.42 bits per heavy atom. The largest absolute Gasteiger partial charge is 0.396 e. The summed E-state index contributed by atoms with van der Waals surface area (Å²) in [5.41, 5.74) is 2.62. The summed E-state index contributed by atoms with van der Waals surface area (Å²) in [4.78, 5) is 16.1. The number of carbonyl (C=O) groups excluding carboxylic acids is 1. The highest BCUT2D eigenvalue weighted by Crippen LogP contribution is 2.08. The van der Waals surface area contributed by atoms with Crippen LogP contribution in [-0.2, 0) is 4.79 Å². The Balaban J connectivity index is 2.23. The van der Waals surface area contributed by atoms with Crippen LogP contribution in [0.2, 0.25) is 0 Å². The van der Waals surface area contributed by atoms with Crippen molar-refractivity contribution in [2.75, 3.05) is 19.7 Å². The third-order valence-electron chi connectivity index (χ3n) is 3.19. The normalized spacial score (nSPS) is 13.8. The zero-order valence-electron chi connectivity index (χ0n) is 11.1. The number of nitrogens with one attached hydrogen (secondary N) is 1. The maximum absolute atomic E-state index is 11.9. The summed E-state index contributed by atoms with van der Waals surface area (Å²) in [5.74, 6) is -0.209. The number of amides is 1. The standard InChI is InChI=1S/C15H18N2O2/c1-10-4-5-12-8-13(9-16-6-3-7-18)15(19)17-14(12)11(10)2/h4-5,8,16,18H,2-3,6-7,9H2,1H3. The molecular weight excluding hydrogens is 240 g/mol. The molecule has 0 saturated carbocycles. The Kier molecular flexibility index (Phi) is 4.24. The number of rotatable bonds is 5. The molecule has 1 aliphatic heterocycles. The lowest BCUT2D eigenvalue weighted by molar-refractivity contribution is -0.114. The SMILES string of the molecule is C=c1c(C)ccc2c1=NC(=O)C(CNCCCO)=C2. The maximum atomic E-state index is 11.9. The summed E-state index contributed by atoms with van der Waals surface area (Å²) in [6.07, 6.45) is 2.54. The van der Waals surface area contributed by atoms with Gasteiger partial charge in [0.1, 0.15) is 0 Å². The molecule has 1 aliphatic rings. The van der Waals surface area contributed by atoms with Gasteiger partial charge in [0, 0.05) is 24.3 Å². The van der Waals surface area contributed by atoms with E-state index in [2.05, 4.69) is 16.9 Å². The molecule has 0 fully saturated rings. The summed E-state index contributed by atoms with van der Waals surface area (Å²) in [5, 5.41) is 13.3. The van der Waals surface area contributed by atoms with Gasteiger partial charge in [0.05, 0.1) is 5.36 Å². The van der Waals surface area contributed by atoms with Gasteiger partial charge in [0.2, 0.25) is 0 Å². The number of hydrogen-bond acceptors (Lipinski definition) is 3. The Morgan fingerprint density at radius 2 is 2.21 bits per heavy atom. The molecule has 0 atom stereocenters. The zero-order chi connectivity index (χ0) is 13.8. The van der Waals surface area contributed by atoms with Crippen LogP contribution in [-0.4, -0.2) is 30.7 Å².